The molecule has 0 saturated carbocycles. The molecule has 1 amide bonds. The highest BCUT2D eigenvalue weighted by Gasteiger charge is 2.63. The summed E-state index contributed by atoms with van der Waals surface area (Å²) < 4.78 is 3.33. The summed E-state index contributed by atoms with van der Waals surface area (Å²) in [4.78, 5) is 38.0. The molecule has 2 aliphatic heterocycles. The highest BCUT2D eigenvalue weighted by Crippen LogP contribution is 2.51. The molecule has 2 atom stereocenters. The number of rotatable bonds is 4. The molecule has 0 aromatic heterocycles. The molecule has 0 aromatic rings. The van der Waals surface area contributed by atoms with Crippen LogP contribution in [0.5, 0.6) is 0 Å². The summed E-state index contributed by atoms with van der Waals surface area (Å²) in [5, 5.41) is 12.1. The number of alkyl halides is 1. The first-order chi connectivity index (χ1) is 9.82. The van der Waals surface area contributed by atoms with E-state index in [0.717, 1.165) is 4.90 Å². The molecule has 11 heteroatoms. The Kier molecular flexibility index (Phi) is 4.17. The molecule has 2 aliphatic rings. The van der Waals surface area contributed by atoms with Gasteiger partial charge >= 0.3 is 11.9 Å². The van der Waals surface area contributed by atoms with Crippen LogP contribution in [0.4, 0.5) is 0 Å². The Morgan fingerprint density at radius 3 is 2.90 bits per heavy atom. The van der Waals surface area contributed by atoms with E-state index in [1.54, 1.807) is 0 Å². The van der Waals surface area contributed by atoms with E-state index in [1.807, 2.05) is 0 Å². The first kappa shape index (κ1) is 15.7. The number of β-lactam (4-membered cyclic amide) rings is 1. The van der Waals surface area contributed by atoms with Crippen LogP contribution in [-0.4, -0.2) is 50.0 Å². The van der Waals surface area contributed by atoms with Crippen molar-refractivity contribution in [1.82, 2.24) is 4.90 Å². The Hall–Kier alpha value is -1.71. The third-order valence-corrected chi connectivity index (χ3v) is 5.53. The van der Waals surface area contributed by atoms with Crippen molar-refractivity contribution in [1.29, 1.82) is 0 Å². The third kappa shape index (κ3) is 2.47. The average Bonchev–Trinajstić information content (AvgIpc) is 2.43. The van der Waals surface area contributed by atoms with E-state index in [1.165, 1.54) is 18.7 Å². The van der Waals surface area contributed by atoms with E-state index in [9.17, 15) is 19.5 Å². The Morgan fingerprint density at radius 2 is 2.38 bits per heavy atom. The van der Waals surface area contributed by atoms with E-state index < -0.39 is 27.7 Å². The van der Waals surface area contributed by atoms with Gasteiger partial charge in [0.15, 0.2) is 0 Å². The van der Waals surface area contributed by atoms with Gasteiger partial charge in [-0.2, -0.15) is 0 Å². The Bertz CT molecular complexity index is 617. The predicted octanol–water partition coefficient (Wildman–Crippen LogP) is 1.20. The molecule has 2 rings (SSSR count). The van der Waals surface area contributed by atoms with Gasteiger partial charge in [0.1, 0.15) is 17.7 Å². The molecule has 1 saturated heterocycles. The van der Waals surface area contributed by atoms with Crippen molar-refractivity contribution in [3.8, 4) is 0 Å². The second kappa shape index (κ2) is 5.58. The second-order valence-electron chi connectivity index (χ2n) is 4.24. The minimum Gasteiger partial charge on any atom is -0.477 e. The first-order valence-corrected chi connectivity index (χ1v) is 7.46. The lowest BCUT2D eigenvalue weighted by Gasteiger charge is -2.52. The minimum absolute atomic E-state index is 0.197. The number of thioether (sulfide) groups is 1. The molecule has 0 bridgehead atoms. The molecule has 0 radical (unpaired) electrons. The van der Waals surface area contributed by atoms with Crippen LogP contribution >= 0.6 is 27.7 Å². The number of ether oxygens (including phenoxy) is 1. The number of carboxylic acid groups (broad SMARTS) is 1. The summed E-state index contributed by atoms with van der Waals surface area (Å²) in [6.07, 6.45) is 0. The number of azide groups is 1. The van der Waals surface area contributed by atoms with Crippen LogP contribution < -0.4 is 0 Å². The topological polar surface area (TPSA) is 133 Å². The summed E-state index contributed by atoms with van der Waals surface area (Å²) in [5.41, 5.74) is 8.60. The molecule has 1 unspecified atom stereocenters. The van der Waals surface area contributed by atoms with Gasteiger partial charge in [0.05, 0.1) is 0 Å². The highest BCUT2D eigenvalue weighted by atomic mass is 79.9. The number of fused-ring (bicyclic) bond motifs is 1. The number of carbonyl (C=O) groups excluding carboxylic acids is 2. The van der Waals surface area contributed by atoms with Gasteiger partial charge in [-0.25, -0.2) is 4.79 Å². The summed E-state index contributed by atoms with van der Waals surface area (Å²) in [6, 6.07) is 0. The molecule has 1 fully saturated rings. The summed E-state index contributed by atoms with van der Waals surface area (Å²) in [6.45, 7) is 1.01. The zero-order valence-corrected chi connectivity index (χ0v) is 13.0. The number of hydrogen-bond acceptors (Lipinski definition) is 6. The van der Waals surface area contributed by atoms with Gasteiger partial charge in [0.2, 0.25) is 4.45 Å². The fourth-order valence-electron chi connectivity index (χ4n) is 2.02. The van der Waals surface area contributed by atoms with Crippen LogP contribution in [0.2, 0.25) is 0 Å². The Balaban J connectivity index is 2.35. The van der Waals surface area contributed by atoms with Gasteiger partial charge in [0.25, 0.3) is 5.91 Å². The van der Waals surface area contributed by atoms with Crippen molar-refractivity contribution in [3.05, 3.63) is 21.7 Å². The molecular weight excluding hydrogens is 368 g/mol. The second-order valence-corrected chi connectivity index (χ2v) is 6.52. The Morgan fingerprint density at radius 1 is 1.71 bits per heavy atom. The fraction of sp³-hybridized carbons (Fsp3) is 0.500. The minimum atomic E-state index is -1.47. The lowest BCUT2D eigenvalue weighted by atomic mass is 10.0. The quantitative estimate of drug-likeness (QED) is 0.149. The van der Waals surface area contributed by atoms with E-state index in [2.05, 4.69) is 26.0 Å². The number of hydrogen-bond donors (Lipinski definition) is 1. The summed E-state index contributed by atoms with van der Waals surface area (Å²) in [7, 11) is 0. The number of esters is 1. The standard InChI is InChI=1S/C10H9BrN4O5S/c1-4(16)20-2-5-3-21-9-10(11,13-14-12)8(19)15(9)6(5)7(17)18/h9H,2-3H2,1H3,(H,17,18)/t9-,10?/m1/s1. The van der Waals surface area contributed by atoms with E-state index in [0.29, 0.717) is 5.57 Å². The maximum Gasteiger partial charge on any atom is 0.352 e. The smallest absolute Gasteiger partial charge is 0.352 e. The number of nitrogens with zero attached hydrogens (tertiary/aromatic N) is 4. The van der Waals surface area contributed by atoms with E-state index in [4.69, 9.17) is 10.3 Å². The largest absolute Gasteiger partial charge is 0.477 e. The summed E-state index contributed by atoms with van der Waals surface area (Å²) in [5.74, 6) is -2.25. The SMILES string of the molecule is CC(=O)OCC1=C(C(=O)O)N2C(=O)C(Br)(N=[N+]=[N-])[C@H]2SC1. The normalized spacial score (nSPS) is 27.4. The van der Waals surface area contributed by atoms with Gasteiger partial charge in [-0.1, -0.05) is 21.0 Å². The number of carbonyl (C=O) groups is 3. The van der Waals surface area contributed by atoms with Crippen molar-refractivity contribution in [2.45, 2.75) is 16.7 Å². The average molecular weight is 377 g/mol. The van der Waals surface area contributed by atoms with Crippen molar-refractivity contribution in [2.24, 2.45) is 5.11 Å². The van der Waals surface area contributed by atoms with Crippen LogP contribution in [-0.2, 0) is 19.1 Å². The molecule has 0 aromatic carbocycles. The predicted molar refractivity (Wildman–Crippen MR) is 75.2 cm³/mol. The number of aliphatic carboxylic acids is 1. The molecule has 9 nitrogen and oxygen atoms in total. The van der Waals surface area contributed by atoms with Gasteiger partial charge in [-0.15, -0.1) is 11.8 Å². The van der Waals surface area contributed by atoms with Crippen LogP contribution in [0.3, 0.4) is 0 Å². The van der Waals surface area contributed by atoms with Crippen LogP contribution in [0.15, 0.2) is 16.4 Å². The zero-order valence-electron chi connectivity index (χ0n) is 10.6. The number of amides is 1. The molecule has 0 spiro atoms. The molecule has 0 aliphatic carbocycles. The molecule has 112 valence electrons. The van der Waals surface area contributed by atoms with E-state index >= 15 is 0 Å². The first-order valence-electron chi connectivity index (χ1n) is 5.62. The Labute approximate surface area is 131 Å². The number of carboxylic acids is 1. The molecule has 2 heterocycles. The van der Waals surface area contributed by atoms with Gasteiger partial charge in [-0.05, 0) is 5.53 Å². The molecular formula is C10H9BrN4O5S. The van der Waals surface area contributed by atoms with Gasteiger partial charge in [0, 0.05) is 23.2 Å². The van der Waals surface area contributed by atoms with E-state index in [-0.39, 0.29) is 18.1 Å². The van der Waals surface area contributed by atoms with Gasteiger partial charge in [-0.3, -0.25) is 14.5 Å². The zero-order chi connectivity index (χ0) is 15.8. The third-order valence-electron chi connectivity index (χ3n) is 2.91. The molecule has 21 heavy (non-hydrogen) atoms. The lowest BCUT2D eigenvalue weighted by Crippen LogP contribution is -2.69. The van der Waals surface area contributed by atoms with Crippen molar-refractivity contribution in [3.63, 3.8) is 0 Å². The van der Waals surface area contributed by atoms with Crippen LogP contribution in [0, 0.1) is 0 Å². The van der Waals surface area contributed by atoms with Crippen LogP contribution in [0.25, 0.3) is 10.4 Å². The maximum atomic E-state index is 12.1. The monoisotopic (exact) mass is 376 g/mol. The summed E-state index contributed by atoms with van der Waals surface area (Å²) >= 11 is 4.29. The maximum absolute atomic E-state index is 12.1. The number of halogens is 1. The van der Waals surface area contributed by atoms with Crippen LogP contribution in [0.1, 0.15) is 6.92 Å². The van der Waals surface area contributed by atoms with Crippen molar-refractivity contribution >= 4 is 45.5 Å². The van der Waals surface area contributed by atoms with Crippen molar-refractivity contribution in [2.75, 3.05) is 12.4 Å². The highest BCUT2D eigenvalue weighted by molar-refractivity contribution is 9.10. The molecule has 1 N–H and O–H groups in total. The lowest BCUT2D eigenvalue weighted by molar-refractivity contribution is -0.149. The van der Waals surface area contributed by atoms with Gasteiger partial charge < -0.3 is 9.84 Å². The fourth-order valence-corrected chi connectivity index (χ4v) is 4.18. The van der Waals surface area contributed by atoms with Crippen molar-refractivity contribution < 1.29 is 24.2 Å².